The van der Waals surface area contributed by atoms with Crippen molar-refractivity contribution in [3.8, 4) is 16.9 Å². The zero-order valence-corrected chi connectivity index (χ0v) is 21.4. The highest BCUT2D eigenvalue weighted by atomic mass is 19.1. The molecule has 0 aliphatic rings. The third-order valence-electron chi connectivity index (χ3n) is 6.00. The summed E-state index contributed by atoms with van der Waals surface area (Å²) in [5, 5.41) is 10.5. The molecule has 7 nitrogen and oxygen atoms in total. The maximum Gasteiger partial charge on any atom is 0.136 e. The quantitative estimate of drug-likeness (QED) is 0.422. The molecule has 0 spiro atoms. The van der Waals surface area contributed by atoms with E-state index in [1.807, 2.05) is 63.8 Å². The van der Waals surface area contributed by atoms with E-state index in [2.05, 4.69) is 14.9 Å². The first-order chi connectivity index (χ1) is 16.6. The van der Waals surface area contributed by atoms with Gasteiger partial charge in [0, 0.05) is 54.8 Å². The van der Waals surface area contributed by atoms with Crippen LogP contribution in [-0.4, -0.2) is 59.0 Å². The lowest BCUT2D eigenvalue weighted by atomic mass is 9.97. The summed E-state index contributed by atoms with van der Waals surface area (Å²) >= 11 is 0. The number of aliphatic imine (C=N–C) groups is 1. The van der Waals surface area contributed by atoms with Gasteiger partial charge in [0.05, 0.1) is 24.6 Å². The van der Waals surface area contributed by atoms with Crippen molar-refractivity contribution in [2.24, 2.45) is 16.6 Å². The molecule has 188 valence electrons. The lowest BCUT2D eigenvalue weighted by Gasteiger charge is -2.20. The van der Waals surface area contributed by atoms with Crippen molar-refractivity contribution in [3.63, 3.8) is 0 Å². The van der Waals surface area contributed by atoms with E-state index < -0.39 is 6.10 Å². The number of aliphatic hydroxyl groups is 1. The van der Waals surface area contributed by atoms with Crippen LogP contribution >= 0.6 is 0 Å². The number of hydrogen-bond acceptors (Lipinski definition) is 6. The van der Waals surface area contributed by atoms with Crippen LogP contribution in [0.15, 0.2) is 59.0 Å². The highest BCUT2D eigenvalue weighted by Crippen LogP contribution is 2.32. The third-order valence-corrected chi connectivity index (χ3v) is 6.00. The van der Waals surface area contributed by atoms with Crippen molar-refractivity contribution < 1.29 is 14.2 Å². The first-order valence-electron chi connectivity index (χ1n) is 11.8. The molecular weight excluding hydrogens is 445 g/mol. The van der Waals surface area contributed by atoms with Crippen molar-refractivity contribution in [3.05, 3.63) is 65.5 Å². The molecule has 35 heavy (non-hydrogen) atoms. The van der Waals surface area contributed by atoms with E-state index in [-0.39, 0.29) is 18.3 Å². The Hall–Kier alpha value is -3.23. The van der Waals surface area contributed by atoms with Gasteiger partial charge < -0.3 is 24.9 Å². The number of aromatic nitrogens is 2. The summed E-state index contributed by atoms with van der Waals surface area (Å²) in [6, 6.07) is 8.44. The number of hydrogen-bond donors (Lipinski definition) is 2. The fourth-order valence-corrected chi connectivity index (χ4v) is 3.96. The Morgan fingerprint density at radius 1 is 1.26 bits per heavy atom. The Morgan fingerprint density at radius 2 is 2.00 bits per heavy atom. The largest absolute Gasteiger partial charge is 0.492 e. The molecule has 2 aromatic heterocycles. The van der Waals surface area contributed by atoms with Crippen LogP contribution in [0, 0.1) is 11.7 Å². The van der Waals surface area contributed by atoms with Gasteiger partial charge >= 0.3 is 0 Å². The van der Waals surface area contributed by atoms with Gasteiger partial charge in [0.2, 0.25) is 0 Å². The van der Waals surface area contributed by atoms with Crippen LogP contribution in [-0.2, 0) is 6.54 Å². The second-order valence-electron chi connectivity index (χ2n) is 9.30. The molecule has 2 heterocycles. The van der Waals surface area contributed by atoms with Crippen molar-refractivity contribution in [2.75, 3.05) is 27.7 Å². The van der Waals surface area contributed by atoms with Crippen molar-refractivity contribution in [1.82, 2.24) is 14.3 Å². The zero-order chi connectivity index (χ0) is 25.7. The predicted octanol–water partition coefficient (Wildman–Crippen LogP) is 4.29. The zero-order valence-electron chi connectivity index (χ0n) is 21.4. The number of benzene rings is 1. The van der Waals surface area contributed by atoms with Crippen LogP contribution in [0.5, 0.6) is 5.75 Å². The third kappa shape index (κ3) is 6.26. The van der Waals surface area contributed by atoms with Gasteiger partial charge in [0.1, 0.15) is 17.2 Å². The second-order valence-corrected chi connectivity index (χ2v) is 9.30. The number of fused-ring (bicyclic) bond motifs is 1. The minimum atomic E-state index is -0.773. The number of ether oxygens (including phenoxy) is 1. The van der Waals surface area contributed by atoms with E-state index in [1.54, 1.807) is 13.1 Å². The molecule has 0 aliphatic carbocycles. The molecule has 3 aromatic rings. The Morgan fingerprint density at radius 3 is 2.66 bits per heavy atom. The van der Waals surface area contributed by atoms with Gasteiger partial charge in [-0.05, 0) is 56.8 Å². The topological polar surface area (TPSA) is 88.4 Å². The molecule has 0 bridgehead atoms. The second kappa shape index (κ2) is 11.5. The van der Waals surface area contributed by atoms with Crippen LogP contribution in [0.4, 0.5) is 4.39 Å². The Bertz CT molecular complexity index is 1230. The average molecular weight is 482 g/mol. The molecule has 0 aliphatic heterocycles. The number of nitrogens with zero attached hydrogens (tertiary/aromatic N) is 4. The molecular formula is C27H36FN5O2. The van der Waals surface area contributed by atoms with Crippen molar-refractivity contribution in [2.45, 2.75) is 39.8 Å². The smallest absolute Gasteiger partial charge is 0.136 e. The number of pyridine rings is 1. The van der Waals surface area contributed by atoms with E-state index in [0.717, 1.165) is 40.3 Å². The molecule has 0 saturated carbocycles. The summed E-state index contributed by atoms with van der Waals surface area (Å²) < 4.78 is 22.3. The number of nitrogens with two attached hydrogens (primary N) is 1. The summed E-state index contributed by atoms with van der Waals surface area (Å²) in [6.45, 7) is 6.67. The van der Waals surface area contributed by atoms with Gasteiger partial charge in [-0.25, -0.2) is 9.37 Å². The standard InChI is InChI=1S/C27H36FN5O2/c1-17(2)27(34)26(29)22(18(3)30-4)11-12-35-24-13-20(28)8-9-23(24)19-7-10-25-31-14-21(16-32(5)6)33(25)15-19/h7-10,13-15,17,27,34H,11-12,16,29H2,1-6H3. The van der Waals surface area contributed by atoms with E-state index in [0.29, 0.717) is 17.9 Å². The van der Waals surface area contributed by atoms with Gasteiger partial charge in [-0.2, -0.15) is 0 Å². The molecule has 8 heteroatoms. The molecule has 3 N–H and O–H groups in total. The summed E-state index contributed by atoms with van der Waals surface area (Å²) in [5.74, 6) is 0.0329. The monoisotopic (exact) mass is 481 g/mol. The van der Waals surface area contributed by atoms with Crippen molar-refractivity contribution >= 4 is 11.4 Å². The molecule has 3 rings (SSSR count). The average Bonchev–Trinajstić information content (AvgIpc) is 3.21. The number of imidazole rings is 1. The minimum Gasteiger partial charge on any atom is -0.492 e. The van der Waals surface area contributed by atoms with E-state index in [1.165, 1.54) is 12.1 Å². The number of rotatable bonds is 10. The van der Waals surface area contributed by atoms with Gasteiger partial charge in [0.25, 0.3) is 0 Å². The first kappa shape index (κ1) is 26.4. The normalized spacial score (nSPS) is 14.1. The summed E-state index contributed by atoms with van der Waals surface area (Å²) in [4.78, 5) is 10.8. The summed E-state index contributed by atoms with van der Waals surface area (Å²) in [7, 11) is 5.71. The fourth-order valence-electron chi connectivity index (χ4n) is 3.96. The van der Waals surface area contributed by atoms with Crippen LogP contribution in [0.3, 0.4) is 0 Å². The van der Waals surface area contributed by atoms with Crippen molar-refractivity contribution in [1.29, 1.82) is 0 Å². The lowest BCUT2D eigenvalue weighted by Crippen LogP contribution is -2.27. The SMILES string of the molecule is CN=C(C)C(CCOc1cc(F)ccc1-c1ccc2ncc(CN(C)C)n2c1)=C(N)C(O)C(C)C. The molecule has 0 amide bonds. The van der Waals surface area contributed by atoms with E-state index >= 15 is 0 Å². The molecule has 1 unspecified atom stereocenters. The molecule has 0 fully saturated rings. The summed E-state index contributed by atoms with van der Waals surface area (Å²) in [5.41, 5.74) is 11.7. The van der Waals surface area contributed by atoms with Crippen LogP contribution < -0.4 is 10.5 Å². The molecule has 0 radical (unpaired) electrons. The van der Waals surface area contributed by atoms with E-state index in [4.69, 9.17) is 10.5 Å². The van der Waals surface area contributed by atoms with Gasteiger partial charge in [-0.3, -0.25) is 4.99 Å². The number of halogens is 1. The van der Waals surface area contributed by atoms with Crippen LogP contribution in [0.2, 0.25) is 0 Å². The molecule has 1 aromatic carbocycles. The summed E-state index contributed by atoms with van der Waals surface area (Å²) in [6.07, 6.45) is 3.52. The Labute approximate surface area is 206 Å². The predicted molar refractivity (Wildman–Crippen MR) is 139 cm³/mol. The van der Waals surface area contributed by atoms with Crippen LogP contribution in [0.1, 0.15) is 32.9 Å². The molecule has 0 saturated heterocycles. The highest BCUT2D eigenvalue weighted by Gasteiger charge is 2.19. The van der Waals surface area contributed by atoms with E-state index in [9.17, 15) is 9.50 Å². The Balaban J connectivity index is 1.90. The van der Waals surface area contributed by atoms with Gasteiger partial charge in [-0.15, -0.1) is 0 Å². The molecule has 1 atom stereocenters. The Kier molecular flexibility index (Phi) is 8.64. The lowest BCUT2D eigenvalue weighted by molar-refractivity contribution is 0.157. The van der Waals surface area contributed by atoms with Gasteiger partial charge in [0.15, 0.2) is 0 Å². The maximum atomic E-state index is 14.2. The first-order valence-corrected chi connectivity index (χ1v) is 11.8. The minimum absolute atomic E-state index is 0.0270. The fraction of sp³-hybridized carbons (Fsp3) is 0.407. The number of aliphatic hydroxyl groups excluding tert-OH is 1. The van der Waals surface area contributed by atoms with Gasteiger partial charge in [-0.1, -0.05) is 13.8 Å². The van der Waals surface area contributed by atoms with Crippen LogP contribution in [0.25, 0.3) is 16.8 Å². The maximum absolute atomic E-state index is 14.2. The highest BCUT2D eigenvalue weighted by molar-refractivity contribution is 5.98.